The van der Waals surface area contributed by atoms with Gasteiger partial charge in [-0.15, -0.1) is 0 Å². The molecule has 0 aromatic heterocycles. The van der Waals surface area contributed by atoms with Crippen LogP contribution in [-0.4, -0.2) is 66.5 Å². The molecule has 0 spiro atoms. The van der Waals surface area contributed by atoms with Crippen molar-refractivity contribution in [3.8, 4) is 0 Å². The van der Waals surface area contributed by atoms with E-state index < -0.39 is 57.8 Å². The number of unbranched alkanes of at least 4 members (excludes halogenated alkanes) is 16. The molecule has 0 aromatic rings. The maximum Gasteiger partial charge on any atom is 0.472 e. The number of esters is 3. The van der Waals surface area contributed by atoms with Crippen LogP contribution in [0.4, 0.5) is 0 Å². The van der Waals surface area contributed by atoms with Crippen LogP contribution in [0.5, 0.6) is 0 Å². The highest BCUT2D eigenvalue weighted by molar-refractivity contribution is 7.47. The molecule has 0 amide bonds. The van der Waals surface area contributed by atoms with Gasteiger partial charge in [-0.3, -0.25) is 23.4 Å². The Morgan fingerprint density at radius 2 is 0.718 bits per heavy atom. The molecule has 11 nitrogen and oxygen atoms in total. The first-order valence-electron chi connectivity index (χ1n) is 30.1. The zero-order valence-corrected chi connectivity index (χ0v) is 49.7. The van der Waals surface area contributed by atoms with Gasteiger partial charge in [0.2, 0.25) is 0 Å². The van der Waals surface area contributed by atoms with Gasteiger partial charge >= 0.3 is 25.7 Å². The number of aliphatic hydroxyl groups is 1. The lowest BCUT2D eigenvalue weighted by Gasteiger charge is -2.21. The highest BCUT2D eigenvalue weighted by atomic mass is 31.2. The third kappa shape index (κ3) is 56.3. The van der Waals surface area contributed by atoms with Crippen LogP contribution in [-0.2, 0) is 42.2 Å². The monoisotopic (exact) mass is 1110 g/mol. The Balaban J connectivity index is 4.86. The highest BCUT2D eigenvalue weighted by Crippen LogP contribution is 2.43. The Labute approximate surface area is 474 Å². The van der Waals surface area contributed by atoms with Crippen molar-refractivity contribution in [2.24, 2.45) is 0 Å². The molecule has 78 heavy (non-hydrogen) atoms. The number of hydrogen-bond donors (Lipinski definition) is 2. The van der Waals surface area contributed by atoms with Gasteiger partial charge < -0.3 is 24.2 Å². The molecule has 0 rings (SSSR count). The number of hydrogen-bond acceptors (Lipinski definition) is 10. The molecule has 0 aliphatic heterocycles. The smallest absolute Gasteiger partial charge is 0.462 e. The average molecular weight is 1110 g/mol. The van der Waals surface area contributed by atoms with E-state index >= 15 is 0 Å². The molecule has 0 aromatic carbocycles. The average Bonchev–Trinajstić information content (AvgIpc) is 3.43. The van der Waals surface area contributed by atoms with Crippen LogP contribution in [0, 0.1) is 0 Å². The van der Waals surface area contributed by atoms with E-state index in [1.165, 1.54) is 38.5 Å². The quantitative estimate of drug-likeness (QED) is 0.0197. The predicted molar refractivity (Wildman–Crippen MR) is 325 cm³/mol. The molecule has 12 heteroatoms. The van der Waals surface area contributed by atoms with Gasteiger partial charge in [0, 0.05) is 12.8 Å². The third-order valence-corrected chi connectivity index (χ3v) is 13.0. The van der Waals surface area contributed by atoms with E-state index in [2.05, 4.69) is 130 Å². The van der Waals surface area contributed by atoms with Gasteiger partial charge in [-0.05, 0) is 116 Å². The number of carbonyl (C=O) groups is 3. The summed E-state index contributed by atoms with van der Waals surface area (Å²) in [5, 5.41) is 9.81. The third-order valence-electron chi connectivity index (χ3n) is 12.1. The Kier molecular flexibility index (Phi) is 55.5. The van der Waals surface area contributed by atoms with Gasteiger partial charge in [0.15, 0.2) is 6.10 Å². The van der Waals surface area contributed by atoms with Gasteiger partial charge in [-0.25, -0.2) is 4.57 Å². The van der Waals surface area contributed by atoms with Crippen molar-refractivity contribution in [1.29, 1.82) is 0 Å². The summed E-state index contributed by atoms with van der Waals surface area (Å²) in [5.41, 5.74) is 0. The van der Waals surface area contributed by atoms with Crippen molar-refractivity contribution in [2.75, 3.05) is 26.4 Å². The molecule has 0 bridgehead atoms. The standard InChI is InChI=1S/C66H107O11P/c1-4-7-10-13-16-19-22-25-28-30-31-33-36-39-42-45-48-51-54-57-66(70)77-63(59-73-64(68)55-52-49-46-43-40-37-35-32-29-26-23-20-17-14-11-8-5-2)61-75-78(71,72)74-60-62(58-67)76-65(69)56-53-50-47-44-41-38-34-27-24-21-18-15-12-9-6-3/h7,9-10,12,16-21,25-29,31,33-34,41,44,50,53,62-63,67H,4-6,8,11,13-15,22-24,30,32,35-40,42-43,45-49,51-52,54-61H2,1-3H3,(H,71,72)/b10-7-,12-9-,19-16-,20-17-,21-18-,28-25-,29-26-,33-31-,34-27-,44-41-,53-50-. The molecule has 3 atom stereocenters. The first-order chi connectivity index (χ1) is 38.2. The maximum absolute atomic E-state index is 12.9. The van der Waals surface area contributed by atoms with Crippen molar-refractivity contribution in [2.45, 2.75) is 238 Å². The van der Waals surface area contributed by atoms with Crippen molar-refractivity contribution in [1.82, 2.24) is 0 Å². The van der Waals surface area contributed by atoms with Crippen molar-refractivity contribution >= 4 is 25.7 Å². The molecule has 0 aliphatic rings. The van der Waals surface area contributed by atoms with E-state index in [4.69, 9.17) is 23.3 Å². The molecule has 0 saturated heterocycles. The summed E-state index contributed by atoms with van der Waals surface area (Å²) < 4.78 is 39.5. The number of phosphoric ester groups is 1. The summed E-state index contributed by atoms with van der Waals surface area (Å²) in [5.74, 6) is -1.64. The number of ether oxygens (including phenoxy) is 3. The minimum Gasteiger partial charge on any atom is -0.462 e. The zero-order chi connectivity index (χ0) is 56.9. The summed E-state index contributed by atoms with van der Waals surface area (Å²) in [6.45, 7) is 4.25. The molecule has 0 aliphatic carbocycles. The number of carbonyl (C=O) groups excluding carboxylic acids is 3. The van der Waals surface area contributed by atoms with Crippen molar-refractivity contribution < 1.29 is 52.2 Å². The van der Waals surface area contributed by atoms with Crippen LogP contribution in [0.2, 0.25) is 0 Å². The SMILES string of the molecule is CC/C=C\C/C=C\C/C=C\C/C=C\C/C=C\CC(=O)OC(CO)COP(=O)(O)OCC(COC(=O)CCCCCCCCC/C=C\C/C=C\CCCCC)OC(=O)CCCCCCCC/C=C\C/C=C\C/C=C\C/C=C\CC. The molecule has 0 saturated carbocycles. The van der Waals surface area contributed by atoms with Gasteiger partial charge in [0.1, 0.15) is 12.7 Å². The Morgan fingerprint density at radius 3 is 1.13 bits per heavy atom. The molecule has 442 valence electrons. The lowest BCUT2D eigenvalue weighted by molar-refractivity contribution is -0.161. The molecular weight excluding hydrogens is 1000 g/mol. The number of aliphatic hydroxyl groups excluding tert-OH is 1. The van der Waals surface area contributed by atoms with Gasteiger partial charge in [0.05, 0.1) is 26.2 Å². The number of phosphoric acid groups is 1. The molecule has 0 heterocycles. The normalized spacial score (nSPS) is 14.3. The van der Waals surface area contributed by atoms with E-state index in [9.17, 15) is 28.9 Å². The van der Waals surface area contributed by atoms with Gasteiger partial charge in [-0.2, -0.15) is 0 Å². The fourth-order valence-corrected chi connectivity index (χ4v) is 8.35. The van der Waals surface area contributed by atoms with E-state index in [0.29, 0.717) is 19.3 Å². The summed E-state index contributed by atoms with van der Waals surface area (Å²) >= 11 is 0. The number of rotatable bonds is 54. The van der Waals surface area contributed by atoms with Crippen LogP contribution in [0.3, 0.4) is 0 Å². The van der Waals surface area contributed by atoms with Crippen molar-refractivity contribution in [3.63, 3.8) is 0 Å². The zero-order valence-electron chi connectivity index (χ0n) is 48.8. The molecule has 0 radical (unpaired) electrons. The Bertz CT molecular complexity index is 1820. The lowest BCUT2D eigenvalue weighted by Crippen LogP contribution is -2.30. The van der Waals surface area contributed by atoms with Gasteiger partial charge in [0.25, 0.3) is 0 Å². The topological polar surface area (TPSA) is 155 Å². The number of allylic oxidation sites excluding steroid dienone is 21. The second-order valence-corrected chi connectivity index (χ2v) is 20.9. The Hall–Kier alpha value is -4.38. The fourth-order valence-electron chi connectivity index (χ4n) is 7.57. The summed E-state index contributed by atoms with van der Waals surface area (Å²) in [7, 11) is -4.79. The lowest BCUT2D eigenvalue weighted by atomic mass is 10.1. The maximum atomic E-state index is 12.9. The van der Waals surface area contributed by atoms with E-state index in [1.807, 2.05) is 18.2 Å². The minimum absolute atomic E-state index is 0.0629. The molecular formula is C66H107O11P. The summed E-state index contributed by atoms with van der Waals surface area (Å²) in [6, 6.07) is 0. The van der Waals surface area contributed by atoms with Crippen LogP contribution in [0.15, 0.2) is 134 Å². The first-order valence-corrected chi connectivity index (χ1v) is 31.6. The minimum atomic E-state index is -4.79. The van der Waals surface area contributed by atoms with Gasteiger partial charge in [-0.1, -0.05) is 225 Å². The summed E-state index contributed by atoms with van der Waals surface area (Å²) in [6.07, 6.45) is 74.3. The van der Waals surface area contributed by atoms with Crippen LogP contribution < -0.4 is 0 Å². The Morgan fingerprint density at radius 1 is 0.385 bits per heavy atom. The summed E-state index contributed by atoms with van der Waals surface area (Å²) in [4.78, 5) is 48.6. The first kappa shape index (κ1) is 73.6. The largest absolute Gasteiger partial charge is 0.472 e. The van der Waals surface area contributed by atoms with E-state index in [0.717, 1.165) is 128 Å². The fraction of sp³-hybridized carbons (Fsp3) is 0.621. The van der Waals surface area contributed by atoms with Crippen LogP contribution in [0.1, 0.15) is 226 Å². The van der Waals surface area contributed by atoms with Crippen LogP contribution >= 0.6 is 7.82 Å². The van der Waals surface area contributed by atoms with Crippen molar-refractivity contribution in [3.05, 3.63) is 134 Å². The molecule has 2 N–H and O–H groups in total. The molecule has 3 unspecified atom stereocenters. The van der Waals surface area contributed by atoms with E-state index in [-0.39, 0.29) is 25.9 Å². The second kappa shape index (κ2) is 58.8. The highest BCUT2D eigenvalue weighted by Gasteiger charge is 2.28. The van der Waals surface area contributed by atoms with E-state index in [1.54, 1.807) is 6.08 Å². The molecule has 0 fully saturated rings. The predicted octanol–water partition coefficient (Wildman–Crippen LogP) is 18.1. The van der Waals surface area contributed by atoms with Crippen LogP contribution in [0.25, 0.3) is 0 Å². The second-order valence-electron chi connectivity index (χ2n) is 19.4.